The normalized spacial score (nSPS) is 21.0. The number of carboxylic acids is 1. The van der Waals surface area contributed by atoms with E-state index >= 15 is 0 Å². The largest absolute Gasteiger partial charge is 0.481 e. The minimum absolute atomic E-state index is 0.0259. The maximum absolute atomic E-state index is 13.1. The van der Waals surface area contributed by atoms with E-state index in [4.69, 9.17) is 19.5 Å². The zero-order chi connectivity index (χ0) is 54.0. The third kappa shape index (κ3) is 17.5. The number of aliphatic hydroxyl groups excluding tert-OH is 2. The van der Waals surface area contributed by atoms with E-state index in [-0.39, 0.29) is 54.1 Å². The molecule has 2 amide bonds. The van der Waals surface area contributed by atoms with Crippen LogP contribution < -0.4 is 16.4 Å². The minimum Gasteiger partial charge on any atom is -0.481 e. The molecule has 0 spiro atoms. The number of unbranched alkanes of at least 4 members (excludes halogenated alkanes) is 3. The predicted octanol–water partition coefficient (Wildman–Crippen LogP) is 3.77. The van der Waals surface area contributed by atoms with Crippen LogP contribution in [0.2, 0.25) is 0 Å². The fourth-order valence-electron chi connectivity index (χ4n) is 8.33. The van der Waals surface area contributed by atoms with Crippen LogP contribution in [-0.4, -0.2) is 129 Å². The fourth-order valence-corrected chi connectivity index (χ4v) is 11.2. The van der Waals surface area contributed by atoms with Crippen molar-refractivity contribution in [3.63, 3.8) is 0 Å². The van der Waals surface area contributed by atoms with Crippen LogP contribution in [0.3, 0.4) is 0 Å². The average molecular weight is 1090 g/mol. The van der Waals surface area contributed by atoms with Crippen LogP contribution in [0.5, 0.6) is 0 Å². The summed E-state index contributed by atoms with van der Waals surface area (Å²) in [6.45, 7) is 3.86. The molecule has 29 heteroatoms. The lowest BCUT2D eigenvalue weighted by molar-refractivity contribution is -0.147. The van der Waals surface area contributed by atoms with Gasteiger partial charge in [0.25, 0.3) is 0 Å². The Bertz CT molecular complexity index is 2550. The van der Waals surface area contributed by atoms with Crippen molar-refractivity contribution in [3.8, 4) is 0 Å². The van der Waals surface area contributed by atoms with Gasteiger partial charge in [0, 0.05) is 36.8 Å². The summed E-state index contributed by atoms with van der Waals surface area (Å²) in [5.74, 6) is -2.18. The first kappa shape index (κ1) is 59.8. The number of ether oxygens (including phenoxy) is 1. The standard InChI is InChI=1S/C44H68N7O19P3/c1-42(2,41(57)58)18-11-9-15-29-14-8-7-13-28(29)12-6-5-10-19-44(20-21-44)31(52)16-22-46-32(53)17-23-47-39(56)36(55)43(3,4)25-67-73(64,65)70-72(62,63)66-24-30-35(69-71(59,60)61)34(54)40(68-30)51-27-50-33-37(45)48-26-49-38(33)51/h7-8,13-14,26-27,30,34-36,40,54-55H,5-6,9-12,15-25H2,1-4H3,(H,46,53)(H,47,56)(H,57,58)(H,62,63)(H,64,65)(H2,45,48,49)(H2,59,60,61). The number of amides is 2. The third-order valence-corrected chi connectivity index (χ3v) is 16.1. The molecular weight excluding hydrogens is 1020 g/mol. The molecule has 0 bridgehead atoms. The quantitative estimate of drug-likeness (QED) is 0.0314. The number of nitrogens with two attached hydrogens (primary N) is 1. The highest BCUT2D eigenvalue weighted by atomic mass is 31.3. The van der Waals surface area contributed by atoms with Crippen molar-refractivity contribution in [3.05, 3.63) is 48.0 Å². The van der Waals surface area contributed by atoms with Gasteiger partial charge in [-0.15, -0.1) is 0 Å². The highest BCUT2D eigenvalue weighted by Gasteiger charge is 2.51. The van der Waals surface area contributed by atoms with Crippen LogP contribution in [0.1, 0.15) is 116 Å². The van der Waals surface area contributed by atoms with Gasteiger partial charge in [0.2, 0.25) is 11.8 Å². The van der Waals surface area contributed by atoms with Crippen LogP contribution in [0.15, 0.2) is 36.9 Å². The average Bonchev–Trinajstić information content (AvgIpc) is 3.88. The molecule has 2 fully saturated rings. The molecule has 0 radical (unpaired) electrons. The SMILES string of the molecule is CC(C)(CCCCc1ccccc1CCCCCC1(C(=O)CCNC(=O)CCNC(=O)C(O)C(C)(C)COP(=O)(O)OP(=O)(O)OCC2OC(n3cnc4c(N)ncnc43)C(O)C2OP(=O)(O)O)CC1)C(=O)O. The number of nitrogens with zero attached hydrogens (tertiary/aromatic N) is 4. The Labute approximate surface area is 421 Å². The van der Waals surface area contributed by atoms with Crippen molar-refractivity contribution in [2.75, 3.05) is 32.0 Å². The van der Waals surface area contributed by atoms with Crippen molar-refractivity contribution >= 4 is 64.0 Å². The molecule has 7 atom stereocenters. The van der Waals surface area contributed by atoms with Gasteiger partial charge in [0.15, 0.2) is 17.7 Å². The van der Waals surface area contributed by atoms with Crippen molar-refractivity contribution < 1.29 is 90.4 Å². The second-order valence-electron chi connectivity index (χ2n) is 19.7. The Morgan fingerprint density at radius 1 is 0.890 bits per heavy atom. The number of aryl methyl sites for hydroxylation is 2. The zero-order valence-electron chi connectivity index (χ0n) is 41.1. The lowest BCUT2D eigenvalue weighted by Gasteiger charge is -2.30. The first-order chi connectivity index (χ1) is 34.1. The van der Waals surface area contributed by atoms with Crippen molar-refractivity contribution in [1.29, 1.82) is 0 Å². The predicted molar refractivity (Wildman–Crippen MR) is 259 cm³/mol. The van der Waals surface area contributed by atoms with Gasteiger partial charge >= 0.3 is 29.4 Å². The van der Waals surface area contributed by atoms with E-state index in [9.17, 15) is 67.8 Å². The van der Waals surface area contributed by atoms with Crippen molar-refractivity contribution in [2.24, 2.45) is 16.2 Å². The second kappa shape index (κ2) is 25.2. The first-order valence-corrected chi connectivity index (χ1v) is 28.3. The maximum atomic E-state index is 13.1. The molecule has 1 saturated heterocycles. The molecule has 3 heterocycles. The summed E-state index contributed by atoms with van der Waals surface area (Å²) in [5, 5.41) is 36.1. The molecule has 1 aliphatic carbocycles. The molecule has 7 unspecified atom stereocenters. The van der Waals surface area contributed by atoms with E-state index < -0.39 is 95.9 Å². The molecule has 26 nitrogen and oxygen atoms in total. The van der Waals surface area contributed by atoms with Crippen LogP contribution in [0, 0.1) is 16.2 Å². The highest BCUT2D eigenvalue weighted by molar-refractivity contribution is 7.61. The molecule has 1 saturated carbocycles. The highest BCUT2D eigenvalue weighted by Crippen LogP contribution is 2.61. The van der Waals surface area contributed by atoms with Crippen LogP contribution >= 0.6 is 23.5 Å². The van der Waals surface area contributed by atoms with Gasteiger partial charge in [-0.25, -0.2) is 28.6 Å². The van der Waals surface area contributed by atoms with Gasteiger partial charge in [0.05, 0.1) is 25.0 Å². The number of ketones is 1. The number of phosphoric ester groups is 3. The molecule has 3 aromatic rings. The number of benzene rings is 1. The number of rotatable bonds is 32. The zero-order valence-corrected chi connectivity index (χ0v) is 43.8. The number of imidazole rings is 1. The van der Waals surface area contributed by atoms with Gasteiger partial charge in [-0.3, -0.25) is 37.3 Å². The van der Waals surface area contributed by atoms with Gasteiger partial charge in [-0.2, -0.15) is 4.31 Å². The minimum atomic E-state index is -5.60. The van der Waals surface area contributed by atoms with E-state index in [1.165, 1.54) is 25.0 Å². The lowest BCUT2D eigenvalue weighted by Crippen LogP contribution is -2.46. The van der Waals surface area contributed by atoms with Crippen molar-refractivity contribution in [2.45, 2.75) is 142 Å². The maximum Gasteiger partial charge on any atom is 0.481 e. The molecule has 1 aromatic carbocycles. The number of aliphatic hydroxyl groups is 2. The third-order valence-electron chi connectivity index (χ3n) is 13.0. The van der Waals surface area contributed by atoms with E-state index in [1.807, 2.05) is 12.1 Å². The molecule has 11 N–H and O–H groups in total. The molecule has 5 rings (SSSR count). The molecule has 1 aliphatic heterocycles. The van der Waals surface area contributed by atoms with Crippen LogP contribution in [0.4, 0.5) is 5.82 Å². The van der Waals surface area contributed by atoms with E-state index in [0.29, 0.717) is 6.42 Å². The van der Waals surface area contributed by atoms with Gasteiger partial charge in [-0.1, -0.05) is 57.4 Å². The van der Waals surface area contributed by atoms with E-state index in [2.05, 4.69) is 46.6 Å². The van der Waals surface area contributed by atoms with Crippen LogP contribution in [-0.2, 0) is 68.3 Å². The van der Waals surface area contributed by atoms with Gasteiger partial charge in [-0.05, 0) is 76.3 Å². The lowest BCUT2D eigenvalue weighted by atomic mass is 9.86. The van der Waals surface area contributed by atoms with E-state index in [0.717, 1.165) is 81.4 Å². The van der Waals surface area contributed by atoms with Crippen LogP contribution in [0.25, 0.3) is 11.2 Å². The summed E-state index contributed by atoms with van der Waals surface area (Å²) < 4.78 is 62.6. The number of nitrogen functional groups attached to an aromatic ring is 1. The second-order valence-corrected chi connectivity index (χ2v) is 24.0. The number of hydrogen-bond donors (Lipinski definition) is 10. The number of aromatic nitrogens is 4. The number of carbonyl (C=O) groups excluding carboxylic acids is 3. The Morgan fingerprint density at radius 3 is 2.15 bits per heavy atom. The smallest absolute Gasteiger partial charge is 0.481 e. The molecular formula is C44H68N7O19P3. The number of Topliss-reactive ketones (excluding diaryl/α,β-unsaturated/α-hetero) is 1. The van der Waals surface area contributed by atoms with E-state index in [1.54, 1.807) is 13.8 Å². The molecule has 73 heavy (non-hydrogen) atoms. The summed E-state index contributed by atoms with van der Waals surface area (Å²) in [4.78, 5) is 101. The topological polar surface area (TPSA) is 401 Å². The monoisotopic (exact) mass is 1090 g/mol. The molecule has 408 valence electrons. The fraction of sp³-hybridized carbons (Fsp3) is 0.659. The number of carboxylic acid groups (broad SMARTS) is 1. The number of anilines is 1. The van der Waals surface area contributed by atoms with Gasteiger partial charge < -0.3 is 56.0 Å². The summed E-state index contributed by atoms with van der Waals surface area (Å²) in [5.41, 5.74) is 5.74. The molecule has 2 aliphatic rings. The summed E-state index contributed by atoms with van der Waals surface area (Å²) in [6, 6.07) is 8.33. The summed E-state index contributed by atoms with van der Waals surface area (Å²) >= 11 is 0. The number of phosphoric acid groups is 3. The number of carbonyl (C=O) groups is 4. The number of aliphatic carboxylic acids is 1. The number of fused-ring (bicyclic) bond motifs is 1. The number of nitrogens with one attached hydrogen (secondary N) is 2. The summed E-state index contributed by atoms with van der Waals surface area (Å²) in [6.07, 6.45) is 2.60. The number of hydrogen-bond acceptors (Lipinski definition) is 18. The first-order valence-electron chi connectivity index (χ1n) is 23.8. The Balaban J connectivity index is 0.971. The Kier molecular flexibility index (Phi) is 20.6. The summed E-state index contributed by atoms with van der Waals surface area (Å²) in [7, 11) is -16.5. The van der Waals surface area contributed by atoms with Gasteiger partial charge in [0.1, 0.15) is 42.0 Å². The van der Waals surface area contributed by atoms with Crippen molar-refractivity contribution in [1.82, 2.24) is 30.2 Å². The molecule has 2 aromatic heterocycles. The Hall–Kier alpha value is -4.10. The Morgan fingerprint density at radius 2 is 1.52 bits per heavy atom.